The Morgan fingerprint density at radius 2 is 1.64 bits per heavy atom. The van der Waals surface area contributed by atoms with Gasteiger partial charge in [-0.2, -0.15) is 10.5 Å². The summed E-state index contributed by atoms with van der Waals surface area (Å²) in [6, 6.07) is 20.2. The first-order valence-electron chi connectivity index (χ1n) is 7.47. The zero-order valence-corrected chi connectivity index (χ0v) is 13.1. The summed E-state index contributed by atoms with van der Waals surface area (Å²) in [7, 11) is 0. The number of rotatable bonds is 3. The molecule has 0 aromatic heterocycles. The van der Waals surface area contributed by atoms with Crippen LogP contribution < -0.4 is 15.8 Å². The summed E-state index contributed by atoms with van der Waals surface area (Å²) in [5, 5.41) is 31.2. The van der Waals surface area contributed by atoms with Crippen LogP contribution in [0.15, 0.2) is 77.4 Å². The van der Waals surface area contributed by atoms with E-state index in [1.54, 1.807) is 24.3 Å². The normalized spacial score (nSPS) is 16.6. The molecule has 0 spiro atoms. The molecule has 0 radical (unpaired) electrons. The van der Waals surface area contributed by atoms with Crippen molar-refractivity contribution in [1.29, 1.82) is 10.5 Å². The second-order valence-corrected chi connectivity index (χ2v) is 5.36. The van der Waals surface area contributed by atoms with E-state index in [1.807, 2.05) is 42.5 Å². The van der Waals surface area contributed by atoms with Gasteiger partial charge in [-0.15, -0.1) is 0 Å². The molecule has 2 aromatic rings. The topological polar surface area (TPSA) is 115 Å². The molecule has 2 aromatic carbocycles. The van der Waals surface area contributed by atoms with Crippen LogP contribution in [0, 0.1) is 22.7 Å². The van der Waals surface area contributed by atoms with Crippen molar-refractivity contribution in [2.45, 2.75) is 5.92 Å². The van der Waals surface area contributed by atoms with Crippen molar-refractivity contribution in [3.8, 4) is 23.6 Å². The number of nitrogens with zero attached hydrogens (tertiary/aromatic N) is 2. The van der Waals surface area contributed by atoms with Crippen LogP contribution >= 0.6 is 0 Å². The fourth-order valence-electron chi connectivity index (χ4n) is 2.66. The molecule has 1 heterocycles. The lowest BCUT2D eigenvalue weighted by Crippen LogP contribution is -2.30. The van der Waals surface area contributed by atoms with Gasteiger partial charge in [0.1, 0.15) is 29.0 Å². The minimum Gasteiger partial charge on any atom is -0.494 e. The van der Waals surface area contributed by atoms with E-state index >= 15 is 0 Å². The maximum absolute atomic E-state index is 9.98. The summed E-state index contributed by atoms with van der Waals surface area (Å²) in [6.45, 7) is 0. The predicted molar refractivity (Wildman–Crippen MR) is 90.9 cm³/mol. The van der Waals surface area contributed by atoms with E-state index in [1.165, 1.54) is 0 Å². The predicted octanol–water partition coefficient (Wildman–Crippen LogP) is 3.15. The van der Waals surface area contributed by atoms with Crippen LogP contribution in [0.3, 0.4) is 0 Å². The zero-order valence-electron chi connectivity index (χ0n) is 13.1. The van der Waals surface area contributed by atoms with Crippen molar-refractivity contribution in [3.63, 3.8) is 0 Å². The Morgan fingerprint density at radius 1 is 0.960 bits per heavy atom. The summed E-state index contributed by atoms with van der Waals surface area (Å²) in [5.74, 6) is 0.140. The zero-order chi connectivity index (χ0) is 17.8. The number of benzene rings is 2. The number of nitrogens with one attached hydrogen (secondary N) is 1. The third-order valence-corrected chi connectivity index (χ3v) is 3.79. The van der Waals surface area contributed by atoms with Gasteiger partial charge in [0, 0.05) is 0 Å². The lowest BCUT2D eigenvalue weighted by molar-refractivity contribution is 0.363. The van der Waals surface area contributed by atoms with Crippen molar-refractivity contribution in [1.82, 2.24) is 5.32 Å². The molecule has 25 heavy (non-hydrogen) atoms. The molecule has 4 N–H and O–H groups in total. The molecule has 0 saturated carbocycles. The smallest absolute Gasteiger partial charge is 0.204 e. The van der Waals surface area contributed by atoms with Gasteiger partial charge in [0.05, 0.1) is 17.6 Å². The molecule has 1 unspecified atom stereocenters. The van der Waals surface area contributed by atoms with E-state index < -0.39 is 5.92 Å². The van der Waals surface area contributed by atoms with Gasteiger partial charge >= 0.3 is 0 Å². The third kappa shape index (κ3) is 3.10. The minimum absolute atomic E-state index is 0.0263. The maximum atomic E-state index is 9.98. The maximum Gasteiger partial charge on any atom is 0.204 e. The highest BCUT2D eigenvalue weighted by molar-refractivity contribution is 5.55. The van der Waals surface area contributed by atoms with Gasteiger partial charge < -0.3 is 20.9 Å². The first-order chi connectivity index (χ1) is 12.1. The molecule has 1 aliphatic heterocycles. The largest absolute Gasteiger partial charge is 0.494 e. The van der Waals surface area contributed by atoms with Crippen LogP contribution in [0.2, 0.25) is 0 Å². The van der Waals surface area contributed by atoms with Crippen LogP contribution in [-0.2, 0) is 0 Å². The van der Waals surface area contributed by atoms with Gasteiger partial charge in [-0.1, -0.05) is 30.3 Å². The molecule has 1 aliphatic rings. The monoisotopic (exact) mass is 330 g/mol. The fourth-order valence-corrected chi connectivity index (χ4v) is 2.66. The highest BCUT2D eigenvalue weighted by Gasteiger charge is 2.31. The Kier molecular flexibility index (Phi) is 4.28. The van der Waals surface area contributed by atoms with Crippen LogP contribution in [0.25, 0.3) is 0 Å². The van der Waals surface area contributed by atoms with E-state index in [9.17, 15) is 15.6 Å². The second-order valence-electron chi connectivity index (χ2n) is 5.36. The summed E-state index contributed by atoms with van der Waals surface area (Å²) in [5.41, 5.74) is 6.62. The van der Waals surface area contributed by atoms with Crippen LogP contribution in [-0.4, -0.2) is 5.11 Å². The number of aliphatic hydroxyl groups is 1. The number of hydrogen-bond donors (Lipinski definition) is 3. The molecule has 0 amide bonds. The van der Waals surface area contributed by atoms with E-state index in [-0.39, 0.29) is 22.9 Å². The van der Waals surface area contributed by atoms with Crippen molar-refractivity contribution >= 4 is 0 Å². The molecule has 0 bridgehead atoms. The van der Waals surface area contributed by atoms with E-state index in [4.69, 9.17) is 10.5 Å². The fraction of sp³-hybridized carbons (Fsp3) is 0.0526. The van der Waals surface area contributed by atoms with Crippen LogP contribution in [0.4, 0.5) is 0 Å². The number of allylic oxidation sites excluding steroid dienone is 2. The molecule has 122 valence electrons. The highest BCUT2D eigenvalue weighted by atomic mass is 16.5. The van der Waals surface area contributed by atoms with E-state index in [2.05, 4.69) is 5.32 Å². The Morgan fingerprint density at radius 3 is 2.32 bits per heavy atom. The van der Waals surface area contributed by atoms with E-state index in [0.29, 0.717) is 17.1 Å². The summed E-state index contributed by atoms with van der Waals surface area (Å²) < 4.78 is 5.79. The second kappa shape index (κ2) is 6.69. The first kappa shape index (κ1) is 16.0. The molecular formula is C19H14N4O2. The van der Waals surface area contributed by atoms with Gasteiger partial charge in [-0.3, -0.25) is 0 Å². The lowest BCUT2D eigenvalue weighted by atomic mass is 9.84. The van der Waals surface area contributed by atoms with E-state index in [0.717, 1.165) is 0 Å². The summed E-state index contributed by atoms with van der Waals surface area (Å²) >= 11 is 0. The summed E-state index contributed by atoms with van der Waals surface area (Å²) in [4.78, 5) is 0. The van der Waals surface area contributed by atoms with Crippen molar-refractivity contribution in [2.75, 3.05) is 0 Å². The summed E-state index contributed by atoms with van der Waals surface area (Å²) in [6.07, 6.45) is 0. The number of para-hydroxylation sites is 1. The SMILES string of the molecule is N#CC1=C(N)NC(O)=C(C#N)C1c1cccc(Oc2ccccc2)c1. The molecule has 6 nitrogen and oxygen atoms in total. The molecule has 0 aliphatic carbocycles. The highest BCUT2D eigenvalue weighted by Crippen LogP contribution is 2.37. The average Bonchev–Trinajstić information content (AvgIpc) is 2.62. The van der Waals surface area contributed by atoms with Crippen LogP contribution in [0.1, 0.15) is 11.5 Å². The average molecular weight is 330 g/mol. The number of ether oxygens (including phenoxy) is 1. The standard InChI is InChI=1S/C19H14N4O2/c20-10-15-17(16(11-21)19(24)23-18(15)22)12-5-4-8-14(9-12)25-13-6-2-1-3-7-13/h1-9,17,23-24H,22H2. The Hall–Kier alpha value is -3.90. The molecule has 6 heteroatoms. The first-order valence-corrected chi connectivity index (χ1v) is 7.47. The molecule has 3 rings (SSSR count). The van der Waals surface area contributed by atoms with Crippen molar-refractivity contribution < 1.29 is 9.84 Å². The molecular weight excluding hydrogens is 316 g/mol. The van der Waals surface area contributed by atoms with Gasteiger partial charge in [0.15, 0.2) is 0 Å². The van der Waals surface area contributed by atoms with Crippen LogP contribution in [0.5, 0.6) is 11.5 Å². The number of nitriles is 2. The Bertz CT molecular complexity index is 913. The van der Waals surface area contributed by atoms with Crippen molar-refractivity contribution in [3.05, 3.63) is 83.0 Å². The van der Waals surface area contributed by atoms with Gasteiger partial charge in [-0.25, -0.2) is 0 Å². The third-order valence-electron chi connectivity index (χ3n) is 3.79. The molecule has 1 atom stereocenters. The van der Waals surface area contributed by atoms with Gasteiger partial charge in [0.2, 0.25) is 5.88 Å². The minimum atomic E-state index is -0.754. The number of dihydropyridines is 1. The Labute approximate surface area is 144 Å². The quantitative estimate of drug-likeness (QED) is 0.796. The lowest BCUT2D eigenvalue weighted by Gasteiger charge is -2.24. The molecule has 0 fully saturated rings. The van der Waals surface area contributed by atoms with Crippen molar-refractivity contribution in [2.24, 2.45) is 5.73 Å². The van der Waals surface area contributed by atoms with Gasteiger partial charge in [0.25, 0.3) is 0 Å². The Balaban J connectivity index is 2.03. The number of aliphatic hydroxyl groups excluding tert-OH is 1. The number of nitrogens with two attached hydrogens (primary N) is 1. The number of hydrogen-bond acceptors (Lipinski definition) is 6. The van der Waals surface area contributed by atoms with Gasteiger partial charge in [-0.05, 0) is 29.8 Å². The molecule has 0 saturated heterocycles.